The SMILES string of the molecule is CCCC1(c2cc(C)ccc2OC)OCCO1. The molecule has 1 saturated heterocycles. The molecule has 0 spiro atoms. The zero-order valence-electron chi connectivity index (χ0n) is 10.8. The van der Waals surface area contributed by atoms with Crippen LogP contribution in [-0.4, -0.2) is 20.3 Å². The van der Waals surface area contributed by atoms with Crippen LogP contribution >= 0.6 is 0 Å². The van der Waals surface area contributed by atoms with Crippen molar-refractivity contribution in [2.75, 3.05) is 20.3 Å². The second-order valence-electron chi connectivity index (χ2n) is 4.40. The van der Waals surface area contributed by atoms with Gasteiger partial charge in [0, 0.05) is 6.42 Å². The van der Waals surface area contributed by atoms with Crippen molar-refractivity contribution in [2.24, 2.45) is 0 Å². The fourth-order valence-electron chi connectivity index (χ4n) is 2.34. The van der Waals surface area contributed by atoms with E-state index in [1.54, 1.807) is 7.11 Å². The summed E-state index contributed by atoms with van der Waals surface area (Å²) in [4.78, 5) is 0. The average molecular weight is 236 g/mol. The van der Waals surface area contributed by atoms with E-state index in [0.29, 0.717) is 13.2 Å². The van der Waals surface area contributed by atoms with Gasteiger partial charge in [-0.25, -0.2) is 0 Å². The first-order valence-electron chi connectivity index (χ1n) is 6.15. The minimum atomic E-state index is -0.605. The monoisotopic (exact) mass is 236 g/mol. The maximum absolute atomic E-state index is 5.86. The first-order chi connectivity index (χ1) is 8.22. The Labute approximate surface area is 103 Å². The van der Waals surface area contributed by atoms with Crippen molar-refractivity contribution in [3.63, 3.8) is 0 Å². The molecule has 0 unspecified atom stereocenters. The molecule has 0 aliphatic carbocycles. The predicted octanol–water partition coefficient (Wildman–Crippen LogP) is 3.00. The maximum atomic E-state index is 5.86. The van der Waals surface area contributed by atoms with Crippen LogP contribution in [-0.2, 0) is 15.3 Å². The Morgan fingerprint density at radius 3 is 2.59 bits per heavy atom. The van der Waals surface area contributed by atoms with E-state index in [2.05, 4.69) is 19.9 Å². The topological polar surface area (TPSA) is 27.7 Å². The first-order valence-corrected chi connectivity index (χ1v) is 6.15. The van der Waals surface area contributed by atoms with Crippen molar-refractivity contribution in [3.8, 4) is 5.75 Å². The van der Waals surface area contributed by atoms with Crippen LogP contribution in [0.3, 0.4) is 0 Å². The summed E-state index contributed by atoms with van der Waals surface area (Å²) in [5.41, 5.74) is 2.20. The molecule has 3 nitrogen and oxygen atoms in total. The van der Waals surface area contributed by atoms with Gasteiger partial charge in [-0.3, -0.25) is 0 Å². The summed E-state index contributed by atoms with van der Waals surface area (Å²) in [6.07, 6.45) is 1.86. The number of aryl methyl sites for hydroxylation is 1. The molecule has 1 aromatic rings. The van der Waals surface area contributed by atoms with Gasteiger partial charge in [0.15, 0.2) is 5.79 Å². The van der Waals surface area contributed by atoms with Gasteiger partial charge in [-0.15, -0.1) is 0 Å². The van der Waals surface area contributed by atoms with Crippen LogP contribution in [0.5, 0.6) is 5.75 Å². The van der Waals surface area contributed by atoms with E-state index in [-0.39, 0.29) is 0 Å². The van der Waals surface area contributed by atoms with E-state index in [4.69, 9.17) is 14.2 Å². The minimum absolute atomic E-state index is 0.605. The molecular formula is C14H20O3. The molecule has 0 radical (unpaired) electrons. The molecule has 94 valence electrons. The lowest BCUT2D eigenvalue weighted by Gasteiger charge is -2.29. The molecule has 1 aliphatic rings. The third-order valence-electron chi connectivity index (χ3n) is 3.10. The molecular weight excluding hydrogens is 216 g/mol. The summed E-state index contributed by atoms with van der Waals surface area (Å²) in [6, 6.07) is 6.11. The molecule has 1 aromatic carbocycles. The summed E-state index contributed by atoms with van der Waals surface area (Å²) in [5, 5.41) is 0. The fourth-order valence-corrected chi connectivity index (χ4v) is 2.34. The van der Waals surface area contributed by atoms with Gasteiger partial charge in [-0.05, 0) is 19.1 Å². The van der Waals surface area contributed by atoms with Gasteiger partial charge in [0.05, 0.1) is 25.9 Å². The molecule has 17 heavy (non-hydrogen) atoms. The Hall–Kier alpha value is -1.06. The van der Waals surface area contributed by atoms with Gasteiger partial charge in [0.1, 0.15) is 5.75 Å². The molecule has 0 atom stereocenters. The minimum Gasteiger partial charge on any atom is -0.496 e. The summed E-state index contributed by atoms with van der Waals surface area (Å²) in [5.74, 6) is 0.234. The van der Waals surface area contributed by atoms with Crippen LogP contribution in [0.4, 0.5) is 0 Å². The Bertz CT molecular complexity index is 381. The summed E-state index contributed by atoms with van der Waals surface area (Å²) < 4.78 is 17.1. The number of rotatable bonds is 4. The molecule has 1 fully saturated rings. The van der Waals surface area contributed by atoms with Crippen molar-refractivity contribution >= 4 is 0 Å². The smallest absolute Gasteiger partial charge is 0.198 e. The summed E-state index contributed by atoms with van der Waals surface area (Å²) >= 11 is 0. The number of hydrogen-bond acceptors (Lipinski definition) is 3. The second-order valence-corrected chi connectivity index (χ2v) is 4.40. The maximum Gasteiger partial charge on any atom is 0.198 e. The van der Waals surface area contributed by atoms with Crippen LogP contribution in [0.15, 0.2) is 18.2 Å². The molecule has 0 N–H and O–H groups in total. The largest absolute Gasteiger partial charge is 0.496 e. The fraction of sp³-hybridized carbons (Fsp3) is 0.571. The van der Waals surface area contributed by atoms with Crippen molar-refractivity contribution < 1.29 is 14.2 Å². The zero-order chi connectivity index (χ0) is 12.3. The van der Waals surface area contributed by atoms with Gasteiger partial charge in [0.25, 0.3) is 0 Å². The molecule has 0 aromatic heterocycles. The number of ether oxygens (including phenoxy) is 3. The van der Waals surface area contributed by atoms with Crippen molar-refractivity contribution in [3.05, 3.63) is 29.3 Å². The van der Waals surface area contributed by atoms with E-state index in [0.717, 1.165) is 24.2 Å². The van der Waals surface area contributed by atoms with E-state index < -0.39 is 5.79 Å². The van der Waals surface area contributed by atoms with Crippen LogP contribution in [0.25, 0.3) is 0 Å². The van der Waals surface area contributed by atoms with E-state index in [9.17, 15) is 0 Å². The standard InChI is InChI=1S/C14H20O3/c1-4-7-14(16-8-9-17-14)12-10-11(2)5-6-13(12)15-3/h5-6,10H,4,7-9H2,1-3H3. The molecule has 1 aliphatic heterocycles. The van der Waals surface area contributed by atoms with E-state index in [1.807, 2.05) is 12.1 Å². The summed E-state index contributed by atoms with van der Waals surface area (Å²) in [7, 11) is 1.68. The molecule has 0 bridgehead atoms. The highest BCUT2D eigenvalue weighted by Gasteiger charge is 2.40. The molecule has 2 rings (SSSR count). The highest BCUT2D eigenvalue weighted by Crippen LogP contribution is 2.41. The summed E-state index contributed by atoms with van der Waals surface area (Å²) in [6.45, 7) is 5.50. The van der Waals surface area contributed by atoms with Gasteiger partial charge < -0.3 is 14.2 Å². The van der Waals surface area contributed by atoms with Gasteiger partial charge in [-0.1, -0.05) is 25.0 Å². The highest BCUT2D eigenvalue weighted by atomic mass is 16.7. The van der Waals surface area contributed by atoms with E-state index in [1.165, 1.54) is 5.56 Å². The molecule has 3 heteroatoms. The third kappa shape index (κ3) is 2.31. The van der Waals surface area contributed by atoms with Crippen LogP contribution in [0.1, 0.15) is 30.9 Å². The molecule has 0 amide bonds. The average Bonchev–Trinajstić information content (AvgIpc) is 2.79. The van der Waals surface area contributed by atoms with Crippen LogP contribution < -0.4 is 4.74 Å². The third-order valence-corrected chi connectivity index (χ3v) is 3.10. The van der Waals surface area contributed by atoms with Gasteiger partial charge in [-0.2, -0.15) is 0 Å². The first kappa shape index (κ1) is 12.4. The normalized spacial score (nSPS) is 18.3. The van der Waals surface area contributed by atoms with Crippen molar-refractivity contribution in [2.45, 2.75) is 32.5 Å². The highest BCUT2D eigenvalue weighted by molar-refractivity contribution is 5.40. The Kier molecular flexibility index (Phi) is 3.69. The van der Waals surface area contributed by atoms with Gasteiger partial charge >= 0.3 is 0 Å². The lowest BCUT2D eigenvalue weighted by Crippen LogP contribution is -2.27. The number of benzene rings is 1. The molecule has 0 saturated carbocycles. The number of methoxy groups -OCH3 is 1. The quantitative estimate of drug-likeness (QED) is 0.804. The van der Waals surface area contributed by atoms with Gasteiger partial charge in [0.2, 0.25) is 0 Å². The zero-order valence-corrected chi connectivity index (χ0v) is 10.8. The van der Waals surface area contributed by atoms with Crippen molar-refractivity contribution in [1.82, 2.24) is 0 Å². The lowest BCUT2D eigenvalue weighted by atomic mass is 9.98. The lowest BCUT2D eigenvalue weighted by molar-refractivity contribution is -0.171. The van der Waals surface area contributed by atoms with Crippen LogP contribution in [0, 0.1) is 6.92 Å². The van der Waals surface area contributed by atoms with E-state index >= 15 is 0 Å². The predicted molar refractivity (Wildman–Crippen MR) is 66.2 cm³/mol. The van der Waals surface area contributed by atoms with Crippen LogP contribution in [0.2, 0.25) is 0 Å². The number of hydrogen-bond donors (Lipinski definition) is 0. The Balaban J connectivity index is 2.44. The molecule has 1 heterocycles. The Morgan fingerprint density at radius 1 is 1.29 bits per heavy atom. The van der Waals surface area contributed by atoms with Crippen molar-refractivity contribution in [1.29, 1.82) is 0 Å². The Morgan fingerprint density at radius 2 is 2.00 bits per heavy atom. The second kappa shape index (κ2) is 5.07.